The highest BCUT2D eigenvalue weighted by atomic mass is 32.2. The van der Waals surface area contributed by atoms with Crippen LogP contribution in [0.25, 0.3) is 0 Å². The fourth-order valence-electron chi connectivity index (χ4n) is 4.01. The van der Waals surface area contributed by atoms with Gasteiger partial charge < -0.3 is 15.0 Å². The summed E-state index contributed by atoms with van der Waals surface area (Å²) in [4.78, 5) is 27.6. The molecule has 2 aromatic rings. The summed E-state index contributed by atoms with van der Waals surface area (Å²) in [5.41, 5.74) is 1.59. The maximum atomic E-state index is 13.2. The van der Waals surface area contributed by atoms with Gasteiger partial charge in [-0.1, -0.05) is 12.1 Å². The summed E-state index contributed by atoms with van der Waals surface area (Å²) in [6, 6.07) is 12.4. The first-order valence-electron chi connectivity index (χ1n) is 10.3. The molecule has 2 aromatic carbocycles. The van der Waals surface area contributed by atoms with Crippen LogP contribution < -0.4 is 15.0 Å². The molecule has 8 nitrogen and oxygen atoms in total. The zero-order valence-electron chi connectivity index (χ0n) is 17.5. The van der Waals surface area contributed by atoms with Crippen molar-refractivity contribution in [1.29, 1.82) is 0 Å². The van der Waals surface area contributed by atoms with Crippen LogP contribution in [0, 0.1) is 5.92 Å². The summed E-state index contributed by atoms with van der Waals surface area (Å²) < 4.78 is 30.7. The molecule has 0 spiro atoms. The van der Waals surface area contributed by atoms with Gasteiger partial charge in [-0.2, -0.15) is 0 Å². The number of piperidine rings is 1. The monoisotopic (exact) mass is 443 g/mol. The normalized spacial score (nSPS) is 17.4. The van der Waals surface area contributed by atoms with Gasteiger partial charge in [-0.15, -0.1) is 0 Å². The van der Waals surface area contributed by atoms with Crippen molar-refractivity contribution < 1.29 is 22.7 Å². The summed E-state index contributed by atoms with van der Waals surface area (Å²) in [6.07, 6.45) is 2.11. The fraction of sp³-hybridized carbons (Fsp3) is 0.364. The second kappa shape index (κ2) is 8.32. The lowest BCUT2D eigenvalue weighted by Crippen LogP contribution is -2.40. The molecule has 1 saturated heterocycles. The van der Waals surface area contributed by atoms with E-state index >= 15 is 0 Å². The van der Waals surface area contributed by atoms with E-state index in [0.717, 1.165) is 0 Å². The third-order valence-electron chi connectivity index (χ3n) is 5.71. The van der Waals surface area contributed by atoms with Gasteiger partial charge in [0.2, 0.25) is 15.9 Å². The first-order chi connectivity index (χ1) is 14.8. The number of benzene rings is 2. The second-order valence-electron chi connectivity index (χ2n) is 7.76. The maximum Gasteiger partial charge on any atom is 0.262 e. The van der Waals surface area contributed by atoms with Gasteiger partial charge in [-0.25, -0.2) is 12.7 Å². The molecule has 0 unspecified atom stereocenters. The Bertz CT molecular complexity index is 1120. The van der Waals surface area contributed by atoms with Gasteiger partial charge in [0.05, 0.1) is 17.5 Å². The molecule has 0 bridgehead atoms. The van der Waals surface area contributed by atoms with Gasteiger partial charge in [0.1, 0.15) is 5.75 Å². The Balaban J connectivity index is 1.52. The van der Waals surface area contributed by atoms with E-state index in [0.29, 0.717) is 60.9 Å². The predicted octanol–water partition coefficient (Wildman–Crippen LogP) is 3.07. The van der Waals surface area contributed by atoms with Crippen molar-refractivity contribution in [2.45, 2.75) is 19.8 Å². The number of hydrogen-bond acceptors (Lipinski definition) is 5. The van der Waals surface area contributed by atoms with E-state index in [1.54, 1.807) is 23.1 Å². The Morgan fingerprint density at radius 1 is 1.13 bits per heavy atom. The van der Waals surface area contributed by atoms with Crippen LogP contribution >= 0.6 is 0 Å². The van der Waals surface area contributed by atoms with E-state index in [1.807, 2.05) is 31.2 Å². The summed E-state index contributed by atoms with van der Waals surface area (Å²) in [5, 5.41) is 2.88. The highest BCUT2D eigenvalue weighted by Gasteiger charge is 2.30. The molecule has 164 valence electrons. The summed E-state index contributed by atoms with van der Waals surface area (Å²) in [5.74, 6) is 0.393. The molecule has 2 amide bonds. The lowest BCUT2D eigenvalue weighted by Gasteiger charge is -2.29. The third kappa shape index (κ3) is 4.28. The molecule has 0 saturated carbocycles. The zero-order valence-corrected chi connectivity index (χ0v) is 18.3. The molecule has 2 heterocycles. The van der Waals surface area contributed by atoms with Gasteiger partial charge >= 0.3 is 0 Å². The number of rotatable bonds is 4. The number of ether oxygens (including phenoxy) is 1. The Hall–Kier alpha value is -2.91. The van der Waals surface area contributed by atoms with Crippen LogP contribution in [0.5, 0.6) is 11.5 Å². The van der Waals surface area contributed by atoms with Crippen molar-refractivity contribution in [3.63, 3.8) is 0 Å². The van der Waals surface area contributed by atoms with Crippen molar-refractivity contribution in [3.05, 3.63) is 48.0 Å². The number of anilines is 2. The molecule has 1 N–H and O–H groups in total. The Labute approximate surface area is 181 Å². The van der Waals surface area contributed by atoms with Crippen LogP contribution in [-0.4, -0.2) is 50.4 Å². The number of nitrogens with one attached hydrogen (secondary N) is 1. The minimum absolute atomic E-state index is 0.175. The number of amides is 2. The molecule has 4 rings (SSSR count). The van der Waals surface area contributed by atoms with Crippen molar-refractivity contribution in [2.24, 2.45) is 5.92 Å². The minimum Gasteiger partial charge on any atom is -0.454 e. The van der Waals surface area contributed by atoms with E-state index in [9.17, 15) is 18.0 Å². The lowest BCUT2D eigenvalue weighted by atomic mass is 9.97. The molecule has 0 aromatic heterocycles. The van der Waals surface area contributed by atoms with Gasteiger partial charge in [0.15, 0.2) is 5.75 Å². The van der Waals surface area contributed by atoms with Crippen molar-refractivity contribution in [2.75, 3.05) is 36.1 Å². The van der Waals surface area contributed by atoms with Gasteiger partial charge in [0.25, 0.3) is 5.91 Å². The van der Waals surface area contributed by atoms with Crippen LogP contribution in [0.3, 0.4) is 0 Å². The first kappa shape index (κ1) is 21.3. The van der Waals surface area contributed by atoms with Crippen LogP contribution in [0.15, 0.2) is 42.5 Å². The van der Waals surface area contributed by atoms with E-state index in [2.05, 4.69) is 5.32 Å². The van der Waals surface area contributed by atoms with Crippen LogP contribution in [0.2, 0.25) is 0 Å². The Kier molecular flexibility index (Phi) is 5.72. The van der Waals surface area contributed by atoms with E-state index < -0.39 is 10.0 Å². The molecule has 31 heavy (non-hydrogen) atoms. The van der Waals surface area contributed by atoms with Gasteiger partial charge in [0, 0.05) is 31.2 Å². The SMILES string of the molecule is CCN1C(=O)c2cc(NC(=O)C3CCN(S(C)(=O)=O)CC3)ccc2Oc2ccccc21. The van der Waals surface area contributed by atoms with Gasteiger partial charge in [-0.05, 0) is 50.1 Å². The highest BCUT2D eigenvalue weighted by Crippen LogP contribution is 2.39. The molecule has 2 aliphatic heterocycles. The standard InChI is InChI=1S/C22H25N3O5S/c1-3-25-18-6-4-5-7-20(18)30-19-9-8-16(14-17(19)22(25)27)23-21(26)15-10-12-24(13-11-15)31(2,28)29/h4-9,14-15H,3,10-13H2,1-2H3,(H,23,26). The van der Waals surface area contributed by atoms with Crippen molar-refractivity contribution in [3.8, 4) is 11.5 Å². The number of hydrogen-bond donors (Lipinski definition) is 1. The molecular formula is C22H25N3O5S. The average Bonchev–Trinajstić information content (AvgIpc) is 2.87. The quantitative estimate of drug-likeness (QED) is 0.784. The molecular weight excluding hydrogens is 418 g/mol. The molecule has 1 fully saturated rings. The first-order valence-corrected chi connectivity index (χ1v) is 12.1. The van der Waals surface area contributed by atoms with E-state index in [4.69, 9.17) is 4.74 Å². The largest absolute Gasteiger partial charge is 0.454 e. The van der Waals surface area contributed by atoms with E-state index in [-0.39, 0.29) is 17.7 Å². The van der Waals surface area contributed by atoms with Crippen LogP contribution in [0.4, 0.5) is 11.4 Å². The predicted molar refractivity (Wildman–Crippen MR) is 118 cm³/mol. The van der Waals surface area contributed by atoms with Crippen LogP contribution in [0.1, 0.15) is 30.1 Å². The van der Waals surface area contributed by atoms with Crippen LogP contribution in [-0.2, 0) is 14.8 Å². The number of nitrogens with zero attached hydrogens (tertiary/aromatic N) is 2. The average molecular weight is 444 g/mol. The summed E-state index contributed by atoms with van der Waals surface area (Å²) in [7, 11) is -3.24. The Morgan fingerprint density at radius 2 is 1.84 bits per heavy atom. The molecule has 0 aliphatic carbocycles. The smallest absolute Gasteiger partial charge is 0.262 e. The Morgan fingerprint density at radius 3 is 2.52 bits per heavy atom. The topological polar surface area (TPSA) is 96.0 Å². The minimum atomic E-state index is -3.24. The molecule has 9 heteroatoms. The number of sulfonamides is 1. The van der Waals surface area contributed by atoms with Gasteiger partial charge in [-0.3, -0.25) is 9.59 Å². The van der Waals surface area contributed by atoms with Crippen molar-refractivity contribution in [1.82, 2.24) is 4.31 Å². The lowest BCUT2D eigenvalue weighted by molar-refractivity contribution is -0.120. The molecule has 2 aliphatic rings. The molecule has 0 radical (unpaired) electrons. The third-order valence-corrected chi connectivity index (χ3v) is 7.01. The maximum absolute atomic E-state index is 13.2. The fourth-order valence-corrected chi connectivity index (χ4v) is 4.89. The number of fused-ring (bicyclic) bond motifs is 2. The number of para-hydroxylation sites is 2. The van der Waals surface area contributed by atoms with E-state index in [1.165, 1.54) is 10.6 Å². The highest BCUT2D eigenvalue weighted by molar-refractivity contribution is 7.88. The zero-order chi connectivity index (χ0) is 22.2. The second-order valence-corrected chi connectivity index (χ2v) is 9.74. The van der Waals surface area contributed by atoms with Crippen molar-refractivity contribution >= 4 is 33.2 Å². The number of carbonyl (C=O) groups excluding carboxylic acids is 2. The molecule has 0 atom stereocenters. The number of carbonyl (C=O) groups is 2. The summed E-state index contributed by atoms with van der Waals surface area (Å²) >= 11 is 0. The summed E-state index contributed by atoms with van der Waals surface area (Å²) in [6.45, 7) is 3.04.